The van der Waals surface area contributed by atoms with Crippen LogP contribution in [0.5, 0.6) is 0 Å². The summed E-state index contributed by atoms with van der Waals surface area (Å²) in [7, 11) is 5.83. The molecule has 146 valence electrons. The zero-order valence-electron chi connectivity index (χ0n) is 16.3. The molecule has 0 atom stereocenters. The van der Waals surface area contributed by atoms with Crippen LogP contribution in [0.4, 0.5) is 0 Å². The number of halogens is 2. The van der Waals surface area contributed by atoms with Crippen LogP contribution >= 0.6 is 46.9 Å². The van der Waals surface area contributed by atoms with Gasteiger partial charge in [0.2, 0.25) is 0 Å². The van der Waals surface area contributed by atoms with E-state index in [1.807, 2.05) is 30.9 Å². The van der Waals surface area contributed by atoms with E-state index in [9.17, 15) is 0 Å². The first-order valence-corrected chi connectivity index (χ1v) is 9.64. The van der Waals surface area contributed by atoms with Gasteiger partial charge in [0.05, 0.1) is 22.3 Å². The van der Waals surface area contributed by atoms with E-state index in [2.05, 4.69) is 41.4 Å². The van der Waals surface area contributed by atoms with E-state index in [4.69, 9.17) is 16.6 Å². The fraction of sp³-hybridized carbons (Fsp3) is 0.556. The van der Waals surface area contributed by atoms with Gasteiger partial charge in [-0.3, -0.25) is 4.99 Å². The number of guanidine groups is 1. The lowest BCUT2D eigenvalue weighted by Gasteiger charge is -2.22. The third kappa shape index (κ3) is 6.42. The van der Waals surface area contributed by atoms with Crippen molar-refractivity contribution in [3.63, 3.8) is 0 Å². The predicted octanol–water partition coefficient (Wildman–Crippen LogP) is 4.30. The van der Waals surface area contributed by atoms with Crippen molar-refractivity contribution in [2.75, 3.05) is 20.6 Å². The molecule has 0 aromatic carbocycles. The Hall–Kier alpha value is -0.800. The number of nitrogens with zero attached hydrogens (tertiary/aromatic N) is 4. The van der Waals surface area contributed by atoms with Gasteiger partial charge in [0.1, 0.15) is 0 Å². The molecule has 0 saturated carbocycles. The first kappa shape index (κ1) is 23.2. The molecule has 0 saturated heterocycles. The molecule has 26 heavy (non-hydrogen) atoms. The Balaban J connectivity index is 0.00000338. The normalized spacial score (nSPS) is 12.0. The minimum atomic E-state index is 0. The summed E-state index contributed by atoms with van der Waals surface area (Å²) in [5.74, 6) is 0.866. The summed E-state index contributed by atoms with van der Waals surface area (Å²) in [6.07, 6.45) is 2.81. The van der Waals surface area contributed by atoms with E-state index >= 15 is 0 Å². The molecule has 0 aliphatic rings. The van der Waals surface area contributed by atoms with Crippen LogP contribution in [0.3, 0.4) is 0 Å². The van der Waals surface area contributed by atoms with Crippen molar-refractivity contribution < 1.29 is 0 Å². The van der Waals surface area contributed by atoms with Crippen molar-refractivity contribution in [3.05, 3.63) is 39.1 Å². The van der Waals surface area contributed by atoms with Gasteiger partial charge in [0.25, 0.3) is 0 Å². The highest BCUT2D eigenvalue weighted by Gasteiger charge is 2.17. The van der Waals surface area contributed by atoms with Crippen LogP contribution in [0.1, 0.15) is 37.2 Å². The van der Waals surface area contributed by atoms with Crippen molar-refractivity contribution in [2.24, 2.45) is 12.0 Å². The van der Waals surface area contributed by atoms with Gasteiger partial charge >= 0.3 is 0 Å². The number of aliphatic imine (C=N–C) groups is 1. The van der Waals surface area contributed by atoms with E-state index in [0.29, 0.717) is 0 Å². The Morgan fingerprint density at radius 3 is 2.62 bits per heavy atom. The summed E-state index contributed by atoms with van der Waals surface area (Å²) < 4.78 is 2.04. The van der Waals surface area contributed by atoms with E-state index in [1.165, 1.54) is 0 Å². The molecule has 0 radical (unpaired) electrons. The lowest BCUT2D eigenvalue weighted by molar-refractivity contribution is 0.462. The summed E-state index contributed by atoms with van der Waals surface area (Å²) in [6.45, 7) is 8.13. The van der Waals surface area contributed by atoms with E-state index in [0.717, 1.165) is 46.9 Å². The maximum atomic E-state index is 6.06. The Bertz CT molecular complexity index is 732. The van der Waals surface area contributed by atoms with Crippen LogP contribution in [0.2, 0.25) is 5.02 Å². The standard InChI is InChI=1S/C18H28ClN5S.HI/c1-18(2,3)15-12-25-16(22-15)7-8-21-17(20-4)24(6)11-14-9-13(19)10-23(14)5;/h9-10,12H,7-8,11H2,1-6H3,(H,20,21);1H. The zero-order chi connectivity index (χ0) is 18.6. The summed E-state index contributed by atoms with van der Waals surface area (Å²) in [5, 5.41) is 7.49. The Kier molecular flexibility index (Phi) is 8.88. The van der Waals surface area contributed by atoms with Crippen LogP contribution in [0.15, 0.2) is 22.6 Å². The third-order valence-corrected chi connectivity index (χ3v) is 5.10. The molecule has 0 bridgehead atoms. The molecule has 1 N–H and O–H groups in total. The topological polar surface area (TPSA) is 45.5 Å². The summed E-state index contributed by atoms with van der Waals surface area (Å²) in [4.78, 5) is 11.2. The smallest absolute Gasteiger partial charge is 0.193 e. The fourth-order valence-corrected chi connectivity index (χ4v) is 3.77. The third-order valence-electron chi connectivity index (χ3n) is 3.99. The molecule has 0 unspecified atom stereocenters. The maximum Gasteiger partial charge on any atom is 0.193 e. The van der Waals surface area contributed by atoms with E-state index in [1.54, 1.807) is 18.4 Å². The SMILES string of the molecule is CN=C(NCCc1nc(C(C)(C)C)cs1)N(C)Cc1cc(Cl)cn1C.I. The van der Waals surface area contributed by atoms with Gasteiger partial charge in [-0.25, -0.2) is 4.98 Å². The molecule has 2 aromatic heterocycles. The van der Waals surface area contributed by atoms with Crippen molar-refractivity contribution in [1.29, 1.82) is 0 Å². The molecule has 2 rings (SSSR count). The largest absolute Gasteiger partial charge is 0.356 e. The van der Waals surface area contributed by atoms with Crippen molar-refractivity contribution in [3.8, 4) is 0 Å². The summed E-state index contributed by atoms with van der Waals surface area (Å²) in [6, 6.07) is 1.98. The number of nitrogens with one attached hydrogen (secondary N) is 1. The van der Waals surface area contributed by atoms with E-state index < -0.39 is 0 Å². The van der Waals surface area contributed by atoms with Gasteiger partial charge < -0.3 is 14.8 Å². The monoisotopic (exact) mass is 509 g/mol. The fourth-order valence-electron chi connectivity index (χ4n) is 2.48. The predicted molar refractivity (Wildman–Crippen MR) is 123 cm³/mol. The first-order chi connectivity index (χ1) is 11.7. The number of rotatable bonds is 5. The molecule has 0 aliphatic carbocycles. The van der Waals surface area contributed by atoms with Crippen LogP contribution in [0, 0.1) is 0 Å². The highest BCUT2D eigenvalue weighted by atomic mass is 127. The average molecular weight is 510 g/mol. The molecular weight excluding hydrogens is 481 g/mol. The number of hydrogen-bond acceptors (Lipinski definition) is 3. The average Bonchev–Trinajstić information content (AvgIpc) is 3.10. The Labute approximate surface area is 182 Å². The number of thiazole rings is 1. The second-order valence-electron chi connectivity index (χ2n) is 7.22. The number of hydrogen-bond donors (Lipinski definition) is 1. The quantitative estimate of drug-likeness (QED) is 0.371. The van der Waals surface area contributed by atoms with Crippen LogP contribution in [-0.4, -0.2) is 41.1 Å². The van der Waals surface area contributed by atoms with Gasteiger partial charge in [0, 0.05) is 56.8 Å². The molecule has 0 amide bonds. The van der Waals surface area contributed by atoms with Gasteiger partial charge in [-0.05, 0) is 6.07 Å². The zero-order valence-corrected chi connectivity index (χ0v) is 20.2. The van der Waals surface area contributed by atoms with E-state index in [-0.39, 0.29) is 29.4 Å². The molecule has 2 heterocycles. The van der Waals surface area contributed by atoms with Crippen molar-refractivity contribution in [2.45, 2.75) is 39.2 Å². The van der Waals surface area contributed by atoms with Crippen LogP contribution < -0.4 is 5.32 Å². The molecule has 0 aliphatic heterocycles. The first-order valence-electron chi connectivity index (χ1n) is 8.38. The Morgan fingerprint density at radius 1 is 1.42 bits per heavy atom. The molecule has 2 aromatic rings. The minimum Gasteiger partial charge on any atom is -0.356 e. The highest BCUT2D eigenvalue weighted by molar-refractivity contribution is 14.0. The molecular formula is C18H29ClIN5S. The summed E-state index contributed by atoms with van der Waals surface area (Å²) in [5.41, 5.74) is 2.41. The van der Waals surface area contributed by atoms with Gasteiger partial charge in [-0.1, -0.05) is 32.4 Å². The lowest BCUT2D eigenvalue weighted by atomic mass is 9.93. The van der Waals surface area contributed by atoms with Crippen molar-refractivity contribution >= 4 is 52.9 Å². The molecule has 5 nitrogen and oxygen atoms in total. The van der Waals surface area contributed by atoms with Gasteiger partial charge in [-0.15, -0.1) is 35.3 Å². The minimum absolute atomic E-state index is 0. The molecule has 8 heteroatoms. The van der Waals surface area contributed by atoms with Crippen LogP contribution in [0.25, 0.3) is 0 Å². The number of aryl methyl sites for hydroxylation is 1. The maximum absolute atomic E-state index is 6.06. The Morgan fingerprint density at radius 2 is 2.12 bits per heavy atom. The van der Waals surface area contributed by atoms with Crippen molar-refractivity contribution in [1.82, 2.24) is 19.8 Å². The lowest BCUT2D eigenvalue weighted by Crippen LogP contribution is -2.39. The second-order valence-corrected chi connectivity index (χ2v) is 8.60. The van der Waals surface area contributed by atoms with Crippen LogP contribution in [-0.2, 0) is 25.4 Å². The molecule has 0 spiro atoms. The highest BCUT2D eigenvalue weighted by Crippen LogP contribution is 2.23. The second kappa shape index (κ2) is 9.94. The van der Waals surface area contributed by atoms with Gasteiger partial charge in [-0.2, -0.15) is 0 Å². The van der Waals surface area contributed by atoms with Gasteiger partial charge in [0.15, 0.2) is 5.96 Å². The number of aromatic nitrogens is 2. The summed E-state index contributed by atoms with van der Waals surface area (Å²) >= 11 is 7.79. The molecule has 0 fully saturated rings.